The summed E-state index contributed by atoms with van der Waals surface area (Å²) in [6, 6.07) is 3.98. The molecule has 0 spiro atoms. The Bertz CT molecular complexity index is 804. The summed E-state index contributed by atoms with van der Waals surface area (Å²) in [6.45, 7) is 0.985. The van der Waals surface area contributed by atoms with E-state index in [-0.39, 0.29) is 12.4 Å². The Morgan fingerprint density at radius 1 is 1.26 bits per heavy atom. The highest BCUT2D eigenvalue weighted by molar-refractivity contribution is 6.41. The van der Waals surface area contributed by atoms with Crippen molar-refractivity contribution in [1.82, 2.24) is 20.2 Å². The van der Waals surface area contributed by atoms with Crippen molar-refractivity contribution < 1.29 is 13.2 Å². The topological polar surface area (TPSA) is 66.3 Å². The third-order valence-corrected chi connectivity index (χ3v) is 4.54. The average molecular weight is 423 g/mol. The summed E-state index contributed by atoms with van der Waals surface area (Å²) in [5.74, 6) is 0.283. The second-order valence-electron chi connectivity index (χ2n) is 5.51. The van der Waals surface area contributed by atoms with E-state index in [1.54, 1.807) is 24.7 Å². The molecule has 3 N–H and O–H groups in total. The van der Waals surface area contributed by atoms with Crippen LogP contribution in [-0.2, 0) is 19.8 Å². The maximum absolute atomic E-state index is 12.9. The summed E-state index contributed by atoms with van der Waals surface area (Å²) in [6.07, 6.45) is -3.15. The van der Waals surface area contributed by atoms with Gasteiger partial charge in [0.2, 0.25) is 0 Å². The maximum Gasteiger partial charge on any atom is 0.419 e. The van der Waals surface area contributed by atoms with Crippen LogP contribution in [0.1, 0.15) is 11.3 Å². The molecule has 2 aromatic rings. The van der Waals surface area contributed by atoms with Gasteiger partial charge in [-0.25, -0.2) is 4.98 Å². The van der Waals surface area contributed by atoms with E-state index in [1.165, 1.54) is 12.3 Å². The van der Waals surface area contributed by atoms with Gasteiger partial charge in [0.15, 0.2) is 5.96 Å². The average Bonchev–Trinajstić information content (AvgIpc) is 2.87. The molecule has 27 heavy (non-hydrogen) atoms. The standard InChI is InChI=1S/C16H19Cl2F3N6/c1-22-15(26-9-10-8-12(17)13(18)27(10)2)25-7-6-24-14-11(16(19,20)21)4-3-5-23-14/h3-5,8H,6-7,9H2,1-2H3,(H,23,24)(H2,22,25,26). The van der Waals surface area contributed by atoms with Gasteiger partial charge in [-0.05, 0) is 18.2 Å². The number of nitrogens with one attached hydrogen (secondary N) is 3. The summed E-state index contributed by atoms with van der Waals surface area (Å²) in [7, 11) is 3.38. The fourth-order valence-electron chi connectivity index (χ4n) is 2.29. The minimum Gasteiger partial charge on any atom is -0.368 e. The van der Waals surface area contributed by atoms with Crippen LogP contribution in [0.2, 0.25) is 10.2 Å². The Balaban J connectivity index is 1.83. The summed E-state index contributed by atoms with van der Waals surface area (Å²) in [5.41, 5.74) is 0.0550. The smallest absolute Gasteiger partial charge is 0.368 e. The zero-order valence-electron chi connectivity index (χ0n) is 14.7. The molecule has 0 saturated carbocycles. The normalized spacial score (nSPS) is 12.2. The zero-order chi connectivity index (χ0) is 20.0. The lowest BCUT2D eigenvalue weighted by atomic mass is 10.2. The van der Waals surface area contributed by atoms with Crippen LogP contribution in [0.5, 0.6) is 0 Å². The van der Waals surface area contributed by atoms with Gasteiger partial charge in [0.25, 0.3) is 0 Å². The summed E-state index contributed by atoms with van der Waals surface area (Å²) < 4.78 is 40.5. The highest BCUT2D eigenvalue weighted by Gasteiger charge is 2.33. The number of aromatic nitrogens is 2. The first-order valence-corrected chi connectivity index (χ1v) is 8.69. The first-order valence-electron chi connectivity index (χ1n) is 7.94. The summed E-state index contributed by atoms with van der Waals surface area (Å²) >= 11 is 12.0. The van der Waals surface area contributed by atoms with Crippen molar-refractivity contribution in [1.29, 1.82) is 0 Å². The summed E-state index contributed by atoms with van der Waals surface area (Å²) in [4.78, 5) is 7.80. The van der Waals surface area contributed by atoms with Gasteiger partial charge in [0, 0.05) is 39.1 Å². The monoisotopic (exact) mass is 422 g/mol. The van der Waals surface area contributed by atoms with Crippen molar-refractivity contribution in [2.75, 3.05) is 25.5 Å². The fourth-order valence-corrected chi connectivity index (χ4v) is 2.71. The first kappa shape index (κ1) is 21.2. The SMILES string of the molecule is CN=C(NCCNc1ncccc1C(F)(F)F)NCc1cc(Cl)c(Cl)n1C. The molecule has 0 aromatic carbocycles. The van der Waals surface area contributed by atoms with Gasteiger partial charge in [-0.2, -0.15) is 13.2 Å². The largest absolute Gasteiger partial charge is 0.419 e. The third kappa shape index (κ3) is 5.67. The lowest BCUT2D eigenvalue weighted by Gasteiger charge is -2.15. The molecule has 0 aliphatic rings. The molecule has 0 bridgehead atoms. The van der Waals surface area contributed by atoms with E-state index in [1.807, 2.05) is 0 Å². The van der Waals surface area contributed by atoms with E-state index in [0.717, 1.165) is 11.8 Å². The minimum atomic E-state index is -4.46. The number of pyridine rings is 1. The number of aliphatic imine (C=N–C) groups is 1. The molecule has 0 atom stereocenters. The molecule has 0 unspecified atom stereocenters. The Hall–Kier alpha value is -2.13. The Morgan fingerprint density at radius 3 is 2.59 bits per heavy atom. The van der Waals surface area contributed by atoms with Crippen molar-refractivity contribution in [3.8, 4) is 0 Å². The van der Waals surface area contributed by atoms with Crippen molar-refractivity contribution in [3.63, 3.8) is 0 Å². The van der Waals surface area contributed by atoms with Crippen LogP contribution in [0.15, 0.2) is 29.4 Å². The van der Waals surface area contributed by atoms with E-state index in [0.29, 0.717) is 29.2 Å². The third-order valence-electron chi connectivity index (χ3n) is 3.70. The first-order chi connectivity index (χ1) is 12.7. The maximum atomic E-state index is 12.9. The van der Waals surface area contributed by atoms with Crippen LogP contribution in [0, 0.1) is 0 Å². The highest BCUT2D eigenvalue weighted by Crippen LogP contribution is 2.33. The number of hydrogen-bond acceptors (Lipinski definition) is 3. The quantitative estimate of drug-likeness (QED) is 0.378. The number of halogens is 5. The second kappa shape index (κ2) is 9.18. The molecule has 0 fully saturated rings. The molecule has 0 radical (unpaired) electrons. The molecule has 0 saturated heterocycles. The van der Waals surface area contributed by atoms with Crippen molar-refractivity contribution >= 4 is 35.0 Å². The molecule has 0 aliphatic carbocycles. The predicted octanol–water partition coefficient (Wildman–Crippen LogP) is 3.52. The Morgan fingerprint density at radius 2 is 2.00 bits per heavy atom. The lowest BCUT2D eigenvalue weighted by molar-refractivity contribution is -0.137. The van der Waals surface area contributed by atoms with Gasteiger partial charge in [-0.3, -0.25) is 4.99 Å². The van der Waals surface area contributed by atoms with E-state index in [2.05, 4.69) is 25.9 Å². The minimum absolute atomic E-state index is 0.206. The van der Waals surface area contributed by atoms with Crippen LogP contribution < -0.4 is 16.0 Å². The van der Waals surface area contributed by atoms with E-state index >= 15 is 0 Å². The number of rotatable bonds is 6. The van der Waals surface area contributed by atoms with Crippen LogP contribution in [-0.4, -0.2) is 35.6 Å². The molecule has 6 nitrogen and oxygen atoms in total. The molecule has 2 heterocycles. The number of guanidine groups is 1. The van der Waals surface area contributed by atoms with Crippen molar-refractivity contribution in [2.45, 2.75) is 12.7 Å². The zero-order valence-corrected chi connectivity index (χ0v) is 16.2. The molecule has 0 aliphatic heterocycles. The molecular formula is C16H19Cl2F3N6. The molecule has 0 amide bonds. The number of hydrogen-bond donors (Lipinski definition) is 3. The predicted molar refractivity (Wildman–Crippen MR) is 101 cm³/mol. The number of alkyl halides is 3. The van der Waals surface area contributed by atoms with Crippen molar-refractivity contribution in [2.24, 2.45) is 12.0 Å². The van der Waals surface area contributed by atoms with Crippen LogP contribution in [0.4, 0.5) is 19.0 Å². The number of anilines is 1. The van der Waals surface area contributed by atoms with Gasteiger partial charge in [-0.1, -0.05) is 23.2 Å². The number of nitrogens with zero attached hydrogens (tertiary/aromatic N) is 3. The van der Waals surface area contributed by atoms with Gasteiger partial charge >= 0.3 is 6.18 Å². The van der Waals surface area contributed by atoms with Crippen LogP contribution in [0.25, 0.3) is 0 Å². The van der Waals surface area contributed by atoms with Crippen LogP contribution in [0.3, 0.4) is 0 Å². The molecule has 2 aromatic heterocycles. The van der Waals surface area contributed by atoms with Gasteiger partial charge in [0.05, 0.1) is 17.1 Å². The molecule has 148 valence electrons. The Labute approximate surface area is 164 Å². The summed E-state index contributed by atoms with van der Waals surface area (Å²) in [5, 5.41) is 9.66. The lowest BCUT2D eigenvalue weighted by Crippen LogP contribution is -2.39. The van der Waals surface area contributed by atoms with Crippen molar-refractivity contribution in [3.05, 3.63) is 45.8 Å². The van der Waals surface area contributed by atoms with Gasteiger partial charge < -0.3 is 20.5 Å². The van der Waals surface area contributed by atoms with Gasteiger partial charge in [-0.15, -0.1) is 0 Å². The fraction of sp³-hybridized carbons (Fsp3) is 0.375. The molecule has 2 rings (SSSR count). The van der Waals surface area contributed by atoms with Gasteiger partial charge in [0.1, 0.15) is 11.0 Å². The molecular weight excluding hydrogens is 404 g/mol. The Kier molecular flexibility index (Phi) is 7.20. The highest BCUT2D eigenvalue weighted by atomic mass is 35.5. The molecule has 11 heteroatoms. The van der Waals surface area contributed by atoms with Crippen LogP contribution >= 0.6 is 23.2 Å². The second-order valence-corrected chi connectivity index (χ2v) is 6.28. The van der Waals surface area contributed by atoms with E-state index in [4.69, 9.17) is 23.2 Å². The van der Waals surface area contributed by atoms with E-state index in [9.17, 15) is 13.2 Å². The van der Waals surface area contributed by atoms with E-state index < -0.39 is 11.7 Å².